The highest BCUT2D eigenvalue weighted by atomic mass is 32.1. The summed E-state index contributed by atoms with van der Waals surface area (Å²) in [5.74, 6) is -1.22. The van der Waals surface area contributed by atoms with Crippen LogP contribution in [-0.2, 0) is 16.1 Å². The SMILES string of the molecule is COC(=O)c1nc(N)sc1C=O.COC(=O)c1nc(N)sc1CO. The Morgan fingerprint density at radius 3 is 2.08 bits per heavy atom. The number of carbonyl (C=O) groups excluding carboxylic acids is 3. The number of ether oxygens (including phenoxy) is 2. The molecule has 12 heteroatoms. The third kappa shape index (κ3) is 4.71. The Bertz CT molecular complexity index is 742. The Morgan fingerprint density at radius 2 is 1.58 bits per heavy atom. The number of hydrogen-bond acceptors (Lipinski definition) is 12. The maximum atomic E-state index is 11.0. The summed E-state index contributed by atoms with van der Waals surface area (Å²) in [6, 6.07) is 0. The van der Waals surface area contributed by atoms with Crippen molar-refractivity contribution in [1.82, 2.24) is 9.97 Å². The van der Waals surface area contributed by atoms with Gasteiger partial charge in [0.05, 0.1) is 25.7 Å². The van der Waals surface area contributed by atoms with E-state index in [9.17, 15) is 14.4 Å². The number of nitrogen functional groups attached to an aromatic ring is 2. The van der Waals surface area contributed by atoms with Gasteiger partial charge in [0.15, 0.2) is 27.9 Å². The molecule has 0 bridgehead atoms. The lowest BCUT2D eigenvalue weighted by molar-refractivity contribution is 0.0584. The van der Waals surface area contributed by atoms with Crippen LogP contribution in [0.4, 0.5) is 10.3 Å². The highest BCUT2D eigenvalue weighted by Crippen LogP contribution is 2.20. The lowest BCUT2D eigenvalue weighted by Crippen LogP contribution is -2.04. The quantitative estimate of drug-likeness (QED) is 0.501. The summed E-state index contributed by atoms with van der Waals surface area (Å²) < 4.78 is 8.81. The van der Waals surface area contributed by atoms with Gasteiger partial charge < -0.3 is 26.0 Å². The number of esters is 2. The second kappa shape index (κ2) is 8.90. The maximum absolute atomic E-state index is 11.0. The number of aliphatic hydroxyl groups excluding tert-OH is 1. The fourth-order valence-corrected chi connectivity index (χ4v) is 2.72. The molecular formula is C12H14N4O6S2. The minimum atomic E-state index is -0.648. The molecule has 0 fully saturated rings. The normalized spacial score (nSPS) is 9.62. The number of aromatic nitrogens is 2. The monoisotopic (exact) mass is 374 g/mol. The number of hydrogen-bond donors (Lipinski definition) is 3. The standard InChI is InChI=1S/C6H8N2O3S.C6H6N2O3S/c2*1-11-5(10)4-3(2-9)12-6(7)8-4/h9H,2H2,1H3,(H2,7,8);2H,1H3,(H2,7,8). The zero-order valence-corrected chi connectivity index (χ0v) is 14.3. The molecule has 2 aromatic heterocycles. The zero-order valence-electron chi connectivity index (χ0n) is 12.6. The minimum absolute atomic E-state index is 0.0185. The zero-order chi connectivity index (χ0) is 18.3. The van der Waals surface area contributed by atoms with Crippen molar-refractivity contribution in [1.29, 1.82) is 0 Å². The van der Waals surface area contributed by atoms with Crippen molar-refractivity contribution in [3.05, 3.63) is 21.1 Å². The summed E-state index contributed by atoms with van der Waals surface area (Å²) in [4.78, 5) is 40.2. The van der Waals surface area contributed by atoms with E-state index in [1.165, 1.54) is 14.2 Å². The number of aliphatic hydroxyl groups is 1. The van der Waals surface area contributed by atoms with E-state index in [1.807, 2.05) is 0 Å². The summed E-state index contributed by atoms with van der Waals surface area (Å²) >= 11 is 2.03. The van der Waals surface area contributed by atoms with Crippen molar-refractivity contribution in [2.24, 2.45) is 0 Å². The summed E-state index contributed by atoms with van der Waals surface area (Å²) in [5.41, 5.74) is 10.7. The van der Waals surface area contributed by atoms with Crippen LogP contribution in [0.1, 0.15) is 35.5 Å². The first kappa shape index (κ1) is 19.5. The first-order valence-corrected chi connectivity index (χ1v) is 7.75. The van der Waals surface area contributed by atoms with Crippen molar-refractivity contribution in [3.63, 3.8) is 0 Å². The molecule has 2 aromatic rings. The second-order valence-corrected chi connectivity index (χ2v) is 6.03. The first-order chi connectivity index (χ1) is 11.4. The topological polar surface area (TPSA) is 168 Å². The largest absolute Gasteiger partial charge is 0.464 e. The number of nitrogens with two attached hydrogens (primary N) is 2. The molecule has 5 N–H and O–H groups in total. The van der Waals surface area contributed by atoms with Gasteiger partial charge in [0, 0.05) is 0 Å². The predicted octanol–water partition coefficient (Wildman–Crippen LogP) is 0.329. The molecule has 0 spiro atoms. The number of carbonyl (C=O) groups is 3. The van der Waals surface area contributed by atoms with Crippen molar-refractivity contribution in [3.8, 4) is 0 Å². The van der Waals surface area contributed by atoms with E-state index in [4.69, 9.17) is 16.6 Å². The fraction of sp³-hybridized carbons (Fsp3) is 0.250. The van der Waals surface area contributed by atoms with Crippen LogP contribution in [0.3, 0.4) is 0 Å². The van der Waals surface area contributed by atoms with Gasteiger partial charge in [-0.3, -0.25) is 4.79 Å². The molecule has 130 valence electrons. The minimum Gasteiger partial charge on any atom is -0.464 e. The lowest BCUT2D eigenvalue weighted by atomic mass is 10.4. The van der Waals surface area contributed by atoms with Gasteiger partial charge in [-0.2, -0.15) is 0 Å². The Kier molecular flexibility index (Phi) is 7.23. The average molecular weight is 374 g/mol. The fourth-order valence-electron chi connectivity index (χ4n) is 1.41. The van der Waals surface area contributed by atoms with Crippen LogP contribution in [0.15, 0.2) is 0 Å². The molecule has 10 nitrogen and oxygen atoms in total. The molecule has 0 atom stereocenters. The Morgan fingerprint density at radius 1 is 1.08 bits per heavy atom. The molecule has 0 aliphatic carbocycles. The summed E-state index contributed by atoms with van der Waals surface area (Å²) in [6.45, 7) is -0.251. The second-order valence-electron chi connectivity index (χ2n) is 3.85. The summed E-state index contributed by atoms with van der Waals surface area (Å²) in [5, 5.41) is 9.21. The van der Waals surface area contributed by atoms with Crippen molar-refractivity contribution in [2.75, 3.05) is 25.7 Å². The van der Waals surface area contributed by atoms with Crippen LogP contribution in [0.2, 0.25) is 0 Å². The summed E-state index contributed by atoms with van der Waals surface area (Å²) in [7, 11) is 2.46. The molecule has 0 radical (unpaired) electrons. The molecule has 0 aromatic carbocycles. The Labute approximate surface area is 144 Å². The smallest absolute Gasteiger partial charge is 0.358 e. The van der Waals surface area contributed by atoms with Crippen molar-refractivity contribution >= 4 is 51.2 Å². The van der Waals surface area contributed by atoms with Gasteiger partial charge in [-0.05, 0) is 0 Å². The number of rotatable bonds is 4. The van der Waals surface area contributed by atoms with E-state index in [-0.39, 0.29) is 33.1 Å². The Hall–Kier alpha value is -2.57. The van der Waals surface area contributed by atoms with Crippen LogP contribution in [0, 0.1) is 0 Å². The van der Waals surface area contributed by atoms with Crippen molar-refractivity contribution in [2.45, 2.75) is 6.61 Å². The van der Waals surface area contributed by atoms with Crippen molar-refractivity contribution < 1.29 is 29.0 Å². The number of aldehydes is 1. The van der Waals surface area contributed by atoms with Gasteiger partial charge >= 0.3 is 11.9 Å². The van der Waals surface area contributed by atoms with Gasteiger partial charge in [0.1, 0.15) is 4.88 Å². The molecule has 0 unspecified atom stereocenters. The number of anilines is 2. The molecule has 0 saturated heterocycles. The number of thiazole rings is 2. The predicted molar refractivity (Wildman–Crippen MR) is 87.0 cm³/mol. The maximum Gasteiger partial charge on any atom is 0.358 e. The van der Waals surface area contributed by atoms with E-state index < -0.39 is 11.9 Å². The highest BCUT2D eigenvalue weighted by molar-refractivity contribution is 7.17. The van der Waals surface area contributed by atoms with Crippen LogP contribution in [0.5, 0.6) is 0 Å². The van der Waals surface area contributed by atoms with Gasteiger partial charge in [-0.25, -0.2) is 19.6 Å². The third-order valence-corrected chi connectivity index (χ3v) is 4.07. The van der Waals surface area contributed by atoms with Gasteiger partial charge in [-0.15, -0.1) is 0 Å². The van der Waals surface area contributed by atoms with Crippen LogP contribution in [0.25, 0.3) is 0 Å². The van der Waals surface area contributed by atoms with E-state index in [1.54, 1.807) is 0 Å². The molecular weight excluding hydrogens is 360 g/mol. The molecule has 0 aliphatic rings. The van der Waals surface area contributed by atoms with Gasteiger partial charge in [0.2, 0.25) is 0 Å². The summed E-state index contributed by atoms with van der Waals surface area (Å²) in [6.07, 6.45) is 0.528. The van der Waals surface area contributed by atoms with E-state index in [0.29, 0.717) is 11.2 Å². The molecule has 0 amide bonds. The van der Waals surface area contributed by atoms with Crippen LogP contribution >= 0.6 is 22.7 Å². The molecule has 2 rings (SSSR count). The molecule has 2 heterocycles. The van der Waals surface area contributed by atoms with Crippen LogP contribution in [-0.4, -0.2) is 47.5 Å². The molecule has 0 aliphatic heterocycles. The van der Waals surface area contributed by atoms with E-state index in [2.05, 4.69) is 19.4 Å². The van der Waals surface area contributed by atoms with E-state index >= 15 is 0 Å². The first-order valence-electron chi connectivity index (χ1n) is 6.12. The third-order valence-electron chi connectivity index (χ3n) is 2.39. The van der Waals surface area contributed by atoms with E-state index in [0.717, 1.165) is 22.7 Å². The number of methoxy groups -OCH3 is 2. The molecule has 24 heavy (non-hydrogen) atoms. The van der Waals surface area contributed by atoms with Crippen LogP contribution < -0.4 is 11.5 Å². The number of nitrogens with zero attached hydrogens (tertiary/aromatic N) is 2. The average Bonchev–Trinajstić information content (AvgIpc) is 3.16. The molecule has 0 saturated carbocycles. The Balaban J connectivity index is 0.000000240. The lowest BCUT2D eigenvalue weighted by Gasteiger charge is -1.94. The van der Waals surface area contributed by atoms with Gasteiger partial charge in [0.25, 0.3) is 0 Å². The highest BCUT2D eigenvalue weighted by Gasteiger charge is 2.17. The van der Waals surface area contributed by atoms with Gasteiger partial charge in [-0.1, -0.05) is 22.7 Å².